The Labute approximate surface area is 218 Å². The molecule has 206 valence electrons. The number of carbonyl (C=O) groups excluding carboxylic acids is 2. The minimum absolute atomic E-state index is 0.0127. The third kappa shape index (κ3) is 10.9. The average molecular weight is 507 g/mol. The van der Waals surface area contributed by atoms with E-state index in [2.05, 4.69) is 76.7 Å². The van der Waals surface area contributed by atoms with Crippen LogP contribution in [0.25, 0.3) is 0 Å². The van der Waals surface area contributed by atoms with Gasteiger partial charge in [-0.25, -0.2) is 9.59 Å². The molecule has 0 aromatic heterocycles. The van der Waals surface area contributed by atoms with Crippen LogP contribution in [0.1, 0.15) is 94.9 Å². The highest BCUT2D eigenvalue weighted by Gasteiger charge is 2.38. The summed E-state index contributed by atoms with van der Waals surface area (Å²) in [6.45, 7) is 21.3. The first-order chi connectivity index (χ1) is 16.4. The highest BCUT2D eigenvalue weighted by atomic mass is 16.6. The summed E-state index contributed by atoms with van der Waals surface area (Å²) in [5.41, 5.74) is 1.62. The topological polar surface area (TPSA) is 101 Å². The first-order valence-electron chi connectivity index (χ1n) is 13.2. The Morgan fingerprint density at radius 2 is 0.944 bits per heavy atom. The van der Waals surface area contributed by atoms with Crippen molar-refractivity contribution in [3.8, 4) is 0 Å². The normalized spacial score (nSPS) is 24.1. The van der Waals surface area contributed by atoms with Crippen molar-refractivity contribution >= 4 is 11.9 Å². The molecule has 4 N–H and O–H groups in total. The lowest BCUT2D eigenvalue weighted by Crippen LogP contribution is -2.61. The minimum atomic E-state index is -0.451. The molecule has 2 saturated heterocycles. The van der Waals surface area contributed by atoms with Crippen LogP contribution in [0.5, 0.6) is 0 Å². The summed E-state index contributed by atoms with van der Waals surface area (Å²) >= 11 is 0. The standard InChI is InChI=1S/C28H50N4O4/c1-19(29-21-15-25(3,4)31-26(5,6)16-21)13-23(33)35-11-12-36-24(34)14-20(2)30-22-17-27(7,8)32-28(9,10)18-22/h13-14,21-22,29-32H,11-12,15-18H2,1-10H3. The Bertz CT molecular complexity index is 756. The van der Waals surface area contributed by atoms with Crippen LogP contribution in [0.4, 0.5) is 0 Å². The zero-order valence-corrected chi connectivity index (χ0v) is 24.2. The van der Waals surface area contributed by atoms with E-state index in [1.807, 2.05) is 13.8 Å². The van der Waals surface area contributed by atoms with Crippen molar-refractivity contribution in [2.75, 3.05) is 13.2 Å². The molecule has 0 atom stereocenters. The number of hydrogen-bond acceptors (Lipinski definition) is 8. The number of esters is 2. The van der Waals surface area contributed by atoms with Gasteiger partial charge in [0.2, 0.25) is 0 Å². The summed E-state index contributed by atoms with van der Waals surface area (Å²) in [6.07, 6.45) is 6.76. The lowest BCUT2D eigenvalue weighted by atomic mass is 9.79. The van der Waals surface area contributed by atoms with Gasteiger partial charge in [0.25, 0.3) is 0 Å². The molecule has 0 saturated carbocycles. The fraction of sp³-hybridized carbons (Fsp3) is 0.786. The molecule has 8 heteroatoms. The summed E-state index contributed by atoms with van der Waals surface area (Å²) in [5, 5.41) is 14.2. The number of nitrogens with one attached hydrogen (secondary N) is 4. The maximum Gasteiger partial charge on any atom is 0.332 e. The smallest absolute Gasteiger partial charge is 0.332 e. The molecule has 0 spiro atoms. The van der Waals surface area contributed by atoms with Crippen molar-refractivity contribution in [1.82, 2.24) is 21.3 Å². The quantitative estimate of drug-likeness (QED) is 0.214. The molecule has 2 rings (SSSR count). The lowest BCUT2D eigenvalue weighted by Gasteiger charge is -2.47. The van der Waals surface area contributed by atoms with E-state index in [0.29, 0.717) is 0 Å². The fourth-order valence-corrected chi connectivity index (χ4v) is 6.30. The SMILES string of the molecule is CC(=CC(=O)OCCOC(=O)C=C(C)NC1CC(C)(C)NC(C)(C)C1)NC1CC(C)(C)NC(C)(C)C1. The molecule has 36 heavy (non-hydrogen) atoms. The number of piperidine rings is 2. The second-order valence-corrected chi connectivity index (χ2v) is 13.3. The summed E-state index contributed by atoms with van der Waals surface area (Å²) < 4.78 is 10.4. The monoisotopic (exact) mass is 506 g/mol. The van der Waals surface area contributed by atoms with Gasteiger partial charge in [-0.05, 0) is 94.9 Å². The molecule has 0 aromatic carbocycles. The third-order valence-corrected chi connectivity index (χ3v) is 6.48. The molecule has 2 aliphatic rings. The second kappa shape index (κ2) is 11.5. The molecule has 8 nitrogen and oxygen atoms in total. The molecule has 2 heterocycles. The molecule has 0 radical (unpaired) electrons. The Morgan fingerprint density at radius 1 is 0.667 bits per heavy atom. The summed E-state index contributed by atoms with van der Waals surface area (Å²) in [5.74, 6) is -0.902. The predicted molar refractivity (Wildman–Crippen MR) is 144 cm³/mol. The van der Waals surface area contributed by atoms with E-state index >= 15 is 0 Å². The van der Waals surface area contributed by atoms with Gasteiger partial charge in [-0.15, -0.1) is 0 Å². The van der Waals surface area contributed by atoms with Crippen LogP contribution in [0, 0.1) is 0 Å². The van der Waals surface area contributed by atoms with Crippen molar-refractivity contribution in [3.05, 3.63) is 23.5 Å². The summed E-state index contributed by atoms with van der Waals surface area (Å²) in [6, 6.07) is 0.541. The van der Waals surface area contributed by atoms with Gasteiger partial charge in [-0.2, -0.15) is 0 Å². The third-order valence-electron chi connectivity index (χ3n) is 6.48. The van der Waals surface area contributed by atoms with Gasteiger partial charge in [0, 0.05) is 57.8 Å². The molecule has 2 fully saturated rings. The molecular weight excluding hydrogens is 456 g/mol. The van der Waals surface area contributed by atoms with E-state index in [4.69, 9.17) is 9.47 Å². The number of rotatable bonds is 9. The number of ether oxygens (including phenoxy) is 2. The van der Waals surface area contributed by atoms with E-state index in [-0.39, 0.29) is 47.5 Å². The van der Waals surface area contributed by atoms with E-state index < -0.39 is 11.9 Å². The molecule has 0 unspecified atom stereocenters. The zero-order valence-electron chi connectivity index (χ0n) is 24.2. The Kier molecular flexibility index (Phi) is 9.68. The second-order valence-electron chi connectivity index (χ2n) is 13.3. The molecule has 2 aliphatic heterocycles. The van der Waals surface area contributed by atoms with E-state index in [1.54, 1.807) is 0 Å². The van der Waals surface area contributed by atoms with Crippen molar-refractivity contribution in [1.29, 1.82) is 0 Å². The maximum atomic E-state index is 12.2. The van der Waals surface area contributed by atoms with Crippen LogP contribution >= 0.6 is 0 Å². The maximum absolute atomic E-state index is 12.2. The lowest BCUT2D eigenvalue weighted by molar-refractivity contribution is -0.146. The van der Waals surface area contributed by atoms with Crippen LogP contribution < -0.4 is 21.3 Å². The largest absolute Gasteiger partial charge is 0.459 e. The molecule has 0 aliphatic carbocycles. The predicted octanol–water partition coefficient (Wildman–Crippen LogP) is 3.68. The Balaban J connectivity index is 1.72. The minimum Gasteiger partial charge on any atom is -0.459 e. The van der Waals surface area contributed by atoms with Gasteiger partial charge >= 0.3 is 11.9 Å². The van der Waals surface area contributed by atoms with E-state index in [9.17, 15) is 9.59 Å². The van der Waals surface area contributed by atoms with Crippen LogP contribution in [0.15, 0.2) is 23.5 Å². The number of allylic oxidation sites excluding steroid dienone is 2. The van der Waals surface area contributed by atoms with Gasteiger partial charge in [-0.3, -0.25) is 0 Å². The first-order valence-corrected chi connectivity index (χ1v) is 13.2. The molecule has 0 amide bonds. The summed E-state index contributed by atoms with van der Waals surface area (Å²) in [4.78, 5) is 24.4. The van der Waals surface area contributed by atoms with Crippen LogP contribution in [-0.2, 0) is 19.1 Å². The van der Waals surface area contributed by atoms with Crippen molar-refractivity contribution in [3.63, 3.8) is 0 Å². The molecule has 0 aromatic rings. The fourth-order valence-electron chi connectivity index (χ4n) is 6.30. The van der Waals surface area contributed by atoms with Gasteiger partial charge in [0.15, 0.2) is 0 Å². The van der Waals surface area contributed by atoms with Gasteiger partial charge in [0.1, 0.15) is 13.2 Å². The highest BCUT2D eigenvalue weighted by Crippen LogP contribution is 2.30. The first kappa shape index (κ1) is 30.2. The van der Waals surface area contributed by atoms with Crippen LogP contribution in [-0.4, -0.2) is 59.4 Å². The van der Waals surface area contributed by atoms with Gasteiger partial charge in [0.05, 0.1) is 0 Å². The number of hydrogen-bond donors (Lipinski definition) is 4. The molecular formula is C28H50N4O4. The van der Waals surface area contributed by atoms with Crippen LogP contribution in [0.2, 0.25) is 0 Å². The van der Waals surface area contributed by atoms with E-state index in [1.165, 1.54) is 12.2 Å². The van der Waals surface area contributed by atoms with Crippen LogP contribution in [0.3, 0.4) is 0 Å². The van der Waals surface area contributed by atoms with Crippen molar-refractivity contribution in [2.24, 2.45) is 0 Å². The Hall–Kier alpha value is -2.06. The van der Waals surface area contributed by atoms with Gasteiger partial charge in [-0.1, -0.05) is 0 Å². The van der Waals surface area contributed by atoms with E-state index in [0.717, 1.165) is 37.1 Å². The van der Waals surface area contributed by atoms with Crippen molar-refractivity contribution < 1.29 is 19.1 Å². The van der Waals surface area contributed by atoms with Gasteiger partial charge < -0.3 is 30.7 Å². The summed E-state index contributed by atoms with van der Waals surface area (Å²) in [7, 11) is 0. The highest BCUT2D eigenvalue weighted by molar-refractivity contribution is 5.83. The van der Waals surface area contributed by atoms with Crippen molar-refractivity contribution in [2.45, 2.75) is 129 Å². The average Bonchev–Trinajstić information content (AvgIpc) is 2.59. The molecule has 0 bridgehead atoms. The zero-order chi connectivity index (χ0) is 27.4. The number of carbonyl (C=O) groups is 2. The Morgan fingerprint density at radius 3 is 1.22 bits per heavy atom.